The summed E-state index contributed by atoms with van der Waals surface area (Å²) in [6.45, 7) is 3.21. The molecule has 0 saturated heterocycles. The highest BCUT2D eigenvalue weighted by Gasteiger charge is 2.12. The van der Waals surface area contributed by atoms with E-state index in [1.165, 1.54) is 7.11 Å². The highest BCUT2D eigenvalue weighted by molar-refractivity contribution is 6.32. The Morgan fingerprint density at radius 2 is 2.10 bits per heavy atom. The second-order valence-electron chi connectivity index (χ2n) is 5.08. The number of benzene rings is 1. The van der Waals surface area contributed by atoms with Crippen molar-refractivity contribution in [3.05, 3.63) is 40.5 Å². The number of aromatic nitrogens is 1. The molecule has 0 N–H and O–H groups in total. The summed E-state index contributed by atoms with van der Waals surface area (Å²) in [6, 6.07) is 7.95. The molecule has 2 aromatic rings. The highest BCUT2D eigenvalue weighted by Crippen LogP contribution is 2.27. The molecule has 0 radical (unpaired) electrons. The van der Waals surface area contributed by atoms with E-state index in [2.05, 4.69) is 9.72 Å². The van der Waals surface area contributed by atoms with Crippen LogP contribution in [0.5, 0.6) is 0 Å². The SMILES string of the molecule is COC(=O)CCN(C)Cc1nc2ccccc2c(C)c1Cl. The van der Waals surface area contributed by atoms with E-state index in [0.717, 1.165) is 22.2 Å². The fraction of sp³-hybridized carbons (Fsp3) is 0.375. The molecule has 0 atom stereocenters. The molecular weight excluding hydrogens is 288 g/mol. The number of carbonyl (C=O) groups is 1. The monoisotopic (exact) mass is 306 g/mol. The molecule has 2 rings (SSSR count). The van der Waals surface area contributed by atoms with Crippen LogP contribution < -0.4 is 0 Å². The minimum absolute atomic E-state index is 0.212. The van der Waals surface area contributed by atoms with Gasteiger partial charge in [-0.05, 0) is 25.6 Å². The van der Waals surface area contributed by atoms with Crippen molar-refractivity contribution in [2.24, 2.45) is 0 Å². The average molecular weight is 307 g/mol. The number of fused-ring (bicyclic) bond motifs is 1. The summed E-state index contributed by atoms with van der Waals surface area (Å²) in [6.07, 6.45) is 0.358. The number of aryl methyl sites for hydroxylation is 1. The Morgan fingerprint density at radius 3 is 2.81 bits per heavy atom. The number of para-hydroxylation sites is 1. The van der Waals surface area contributed by atoms with Gasteiger partial charge in [0.2, 0.25) is 0 Å². The number of methoxy groups -OCH3 is 1. The van der Waals surface area contributed by atoms with Crippen LogP contribution in [0.25, 0.3) is 10.9 Å². The first-order valence-corrected chi connectivity index (χ1v) is 7.19. The molecule has 0 spiro atoms. The lowest BCUT2D eigenvalue weighted by atomic mass is 10.1. The maximum atomic E-state index is 11.2. The van der Waals surface area contributed by atoms with Gasteiger partial charge in [0.15, 0.2) is 0 Å². The lowest BCUT2D eigenvalue weighted by Crippen LogP contribution is -2.22. The first kappa shape index (κ1) is 15.7. The average Bonchev–Trinajstić information content (AvgIpc) is 2.50. The third-order valence-electron chi connectivity index (χ3n) is 3.49. The molecule has 4 nitrogen and oxygen atoms in total. The molecule has 0 amide bonds. The maximum absolute atomic E-state index is 11.2. The molecule has 0 bridgehead atoms. The number of ether oxygens (including phenoxy) is 1. The van der Waals surface area contributed by atoms with Gasteiger partial charge in [-0.25, -0.2) is 4.98 Å². The predicted molar refractivity (Wildman–Crippen MR) is 84.5 cm³/mol. The van der Waals surface area contributed by atoms with Gasteiger partial charge in [0, 0.05) is 18.5 Å². The Labute approximate surface area is 129 Å². The molecule has 5 heteroatoms. The van der Waals surface area contributed by atoms with Crippen molar-refractivity contribution in [3.8, 4) is 0 Å². The van der Waals surface area contributed by atoms with Gasteiger partial charge < -0.3 is 4.74 Å². The maximum Gasteiger partial charge on any atom is 0.306 e. The highest BCUT2D eigenvalue weighted by atomic mass is 35.5. The van der Waals surface area contributed by atoms with Gasteiger partial charge >= 0.3 is 5.97 Å². The van der Waals surface area contributed by atoms with Gasteiger partial charge in [-0.2, -0.15) is 0 Å². The molecule has 0 unspecified atom stereocenters. The number of rotatable bonds is 5. The van der Waals surface area contributed by atoms with Crippen LogP contribution in [0.3, 0.4) is 0 Å². The first-order chi connectivity index (χ1) is 10.0. The topological polar surface area (TPSA) is 42.4 Å². The van der Waals surface area contributed by atoms with Crippen molar-refractivity contribution in [1.29, 1.82) is 0 Å². The van der Waals surface area contributed by atoms with Crippen LogP contribution in [0, 0.1) is 6.92 Å². The van der Waals surface area contributed by atoms with Crippen molar-refractivity contribution in [2.75, 3.05) is 20.7 Å². The van der Waals surface area contributed by atoms with Crippen LogP contribution in [0.4, 0.5) is 0 Å². The summed E-state index contributed by atoms with van der Waals surface area (Å²) in [5, 5.41) is 1.77. The number of hydrogen-bond acceptors (Lipinski definition) is 4. The molecular formula is C16H19ClN2O2. The summed E-state index contributed by atoms with van der Waals surface area (Å²) < 4.78 is 4.64. The first-order valence-electron chi connectivity index (χ1n) is 6.82. The van der Waals surface area contributed by atoms with E-state index in [9.17, 15) is 4.79 Å². The van der Waals surface area contributed by atoms with E-state index in [4.69, 9.17) is 11.6 Å². The van der Waals surface area contributed by atoms with Crippen LogP contribution in [-0.2, 0) is 16.1 Å². The summed E-state index contributed by atoms with van der Waals surface area (Å²) in [7, 11) is 3.33. The largest absolute Gasteiger partial charge is 0.469 e. The van der Waals surface area contributed by atoms with Crippen molar-refractivity contribution in [1.82, 2.24) is 9.88 Å². The molecule has 21 heavy (non-hydrogen) atoms. The number of carbonyl (C=O) groups excluding carboxylic acids is 1. The molecule has 112 valence electrons. The van der Waals surface area contributed by atoms with Crippen LogP contribution in [0.1, 0.15) is 17.7 Å². The van der Waals surface area contributed by atoms with Crippen molar-refractivity contribution < 1.29 is 9.53 Å². The van der Waals surface area contributed by atoms with Crippen molar-refractivity contribution >= 4 is 28.5 Å². The van der Waals surface area contributed by atoms with Crippen molar-refractivity contribution in [3.63, 3.8) is 0 Å². The third-order valence-corrected chi connectivity index (χ3v) is 3.99. The van der Waals surface area contributed by atoms with Gasteiger partial charge in [0.25, 0.3) is 0 Å². The molecule has 0 aliphatic rings. The van der Waals surface area contributed by atoms with Gasteiger partial charge in [-0.1, -0.05) is 29.8 Å². The molecule has 0 saturated carbocycles. The Balaban J connectivity index is 2.18. The Hall–Kier alpha value is -1.65. The van der Waals surface area contributed by atoms with Crippen LogP contribution >= 0.6 is 11.6 Å². The standard InChI is InChI=1S/C16H19ClN2O2/c1-11-12-6-4-5-7-13(12)18-14(16(11)17)10-19(2)9-8-15(20)21-3/h4-7H,8-10H2,1-3H3. The number of esters is 1. The van der Waals surface area contributed by atoms with Gasteiger partial charge in [-0.15, -0.1) is 0 Å². The van der Waals surface area contributed by atoms with E-state index >= 15 is 0 Å². The molecule has 1 aromatic heterocycles. The normalized spacial score (nSPS) is 11.1. The summed E-state index contributed by atoms with van der Waals surface area (Å²) in [5.74, 6) is -0.212. The third kappa shape index (κ3) is 3.71. The Kier molecular flexibility index (Phi) is 5.15. The lowest BCUT2D eigenvalue weighted by Gasteiger charge is -2.17. The number of halogens is 1. The second kappa shape index (κ2) is 6.87. The smallest absolute Gasteiger partial charge is 0.306 e. The van der Waals surface area contributed by atoms with Crippen LogP contribution in [-0.4, -0.2) is 36.6 Å². The van der Waals surface area contributed by atoms with E-state index in [1.807, 2.05) is 43.1 Å². The van der Waals surface area contributed by atoms with Gasteiger partial charge in [0.05, 0.1) is 29.8 Å². The number of nitrogens with zero attached hydrogens (tertiary/aromatic N) is 2. The fourth-order valence-corrected chi connectivity index (χ4v) is 2.44. The zero-order valence-corrected chi connectivity index (χ0v) is 13.3. The molecule has 1 aromatic carbocycles. The predicted octanol–water partition coefficient (Wildman–Crippen LogP) is 3.19. The molecule has 0 aliphatic heterocycles. The molecule has 0 fully saturated rings. The summed E-state index contributed by atoms with van der Waals surface area (Å²) in [5.41, 5.74) is 2.81. The molecule has 1 heterocycles. The zero-order valence-electron chi connectivity index (χ0n) is 12.5. The summed E-state index contributed by atoms with van der Waals surface area (Å²) >= 11 is 6.43. The number of pyridine rings is 1. The van der Waals surface area contributed by atoms with Crippen molar-refractivity contribution in [2.45, 2.75) is 19.9 Å². The quantitative estimate of drug-likeness (QED) is 0.796. The van der Waals surface area contributed by atoms with Gasteiger partial charge in [0.1, 0.15) is 0 Å². The fourth-order valence-electron chi connectivity index (χ4n) is 2.24. The lowest BCUT2D eigenvalue weighted by molar-refractivity contribution is -0.140. The zero-order chi connectivity index (χ0) is 15.4. The van der Waals surface area contributed by atoms with E-state index in [1.54, 1.807) is 0 Å². The Bertz CT molecular complexity index is 658. The Morgan fingerprint density at radius 1 is 1.38 bits per heavy atom. The van der Waals surface area contributed by atoms with E-state index < -0.39 is 0 Å². The van der Waals surface area contributed by atoms with E-state index in [-0.39, 0.29) is 5.97 Å². The second-order valence-corrected chi connectivity index (χ2v) is 5.46. The van der Waals surface area contributed by atoms with Crippen LogP contribution in [0.2, 0.25) is 5.02 Å². The molecule has 0 aliphatic carbocycles. The minimum Gasteiger partial charge on any atom is -0.469 e. The summed E-state index contributed by atoms with van der Waals surface area (Å²) in [4.78, 5) is 17.8. The number of hydrogen-bond donors (Lipinski definition) is 0. The van der Waals surface area contributed by atoms with Gasteiger partial charge in [-0.3, -0.25) is 9.69 Å². The minimum atomic E-state index is -0.212. The van der Waals surface area contributed by atoms with Crippen LogP contribution in [0.15, 0.2) is 24.3 Å². The van der Waals surface area contributed by atoms with E-state index in [0.29, 0.717) is 24.5 Å².